The quantitative estimate of drug-likeness (QED) is 0.264. The van der Waals surface area contributed by atoms with Crippen LogP contribution < -0.4 is 11.1 Å². The first-order valence-electron chi connectivity index (χ1n) is 4.88. The third-order valence-corrected chi connectivity index (χ3v) is 2.93. The second-order valence-electron chi connectivity index (χ2n) is 3.89. The van der Waals surface area contributed by atoms with Gasteiger partial charge in [0.05, 0.1) is 6.04 Å². The minimum atomic E-state index is -0.0411. The number of amidine groups is 1. The molecule has 0 aromatic heterocycles. The summed E-state index contributed by atoms with van der Waals surface area (Å²) in [6, 6.07) is 0.421. The van der Waals surface area contributed by atoms with E-state index in [1.807, 2.05) is 6.92 Å². The topological polar surface area (TPSA) is 70.6 Å². The van der Waals surface area contributed by atoms with Gasteiger partial charge in [0.25, 0.3) is 0 Å². The summed E-state index contributed by atoms with van der Waals surface area (Å²) >= 11 is 0. The van der Waals surface area contributed by atoms with Crippen LogP contribution in [0, 0.1) is 5.92 Å². The fourth-order valence-electron chi connectivity index (χ4n) is 1.64. The number of hydrogen-bond donors (Lipinski definition) is 3. The number of oxime groups is 1. The smallest absolute Gasteiger partial charge is 0.156 e. The minimum Gasteiger partial charge on any atom is -0.409 e. The largest absolute Gasteiger partial charge is 0.409 e. The molecule has 1 aliphatic rings. The second-order valence-corrected chi connectivity index (χ2v) is 3.89. The van der Waals surface area contributed by atoms with Crippen molar-refractivity contribution in [2.75, 3.05) is 0 Å². The highest BCUT2D eigenvalue weighted by atomic mass is 16.4. The Labute approximate surface area is 79.2 Å². The molecule has 76 valence electrons. The van der Waals surface area contributed by atoms with Crippen LogP contribution in [0.5, 0.6) is 0 Å². The highest BCUT2D eigenvalue weighted by Gasteiger charge is 2.25. The van der Waals surface area contributed by atoms with Gasteiger partial charge in [-0.05, 0) is 32.6 Å². The summed E-state index contributed by atoms with van der Waals surface area (Å²) in [5.74, 6) is 1.03. The predicted molar refractivity (Wildman–Crippen MR) is 52.8 cm³/mol. The number of nitrogens with zero attached hydrogens (tertiary/aromatic N) is 1. The SMILES string of the molecule is CC(NC(C)C1CCC1)C(N)=NO. The Hall–Kier alpha value is -0.770. The standard InChI is InChI=1S/C9H19N3O/c1-6(8-4-3-5-8)11-7(2)9(10)12-13/h6-8,11,13H,3-5H2,1-2H3,(H2,10,12). The van der Waals surface area contributed by atoms with Gasteiger partial charge in [0.1, 0.15) is 0 Å². The molecule has 2 atom stereocenters. The minimum absolute atomic E-state index is 0.0411. The lowest BCUT2D eigenvalue weighted by molar-refractivity contribution is 0.236. The van der Waals surface area contributed by atoms with Crippen LogP contribution in [-0.4, -0.2) is 23.1 Å². The van der Waals surface area contributed by atoms with Crippen LogP contribution >= 0.6 is 0 Å². The van der Waals surface area contributed by atoms with Crippen LogP contribution in [0.4, 0.5) is 0 Å². The maximum Gasteiger partial charge on any atom is 0.156 e. The van der Waals surface area contributed by atoms with E-state index in [9.17, 15) is 0 Å². The molecule has 0 aromatic rings. The zero-order chi connectivity index (χ0) is 9.84. The maximum absolute atomic E-state index is 8.45. The first kappa shape index (κ1) is 10.3. The van der Waals surface area contributed by atoms with Crippen molar-refractivity contribution in [1.82, 2.24) is 5.32 Å². The van der Waals surface area contributed by atoms with E-state index in [0.29, 0.717) is 6.04 Å². The highest BCUT2D eigenvalue weighted by molar-refractivity contribution is 5.84. The molecule has 1 fully saturated rings. The van der Waals surface area contributed by atoms with E-state index < -0.39 is 0 Å². The van der Waals surface area contributed by atoms with Gasteiger partial charge in [-0.3, -0.25) is 0 Å². The van der Waals surface area contributed by atoms with E-state index in [0.717, 1.165) is 5.92 Å². The molecule has 4 nitrogen and oxygen atoms in total. The third-order valence-electron chi connectivity index (χ3n) is 2.93. The molecule has 1 aliphatic carbocycles. The molecule has 1 saturated carbocycles. The van der Waals surface area contributed by atoms with Crippen LogP contribution in [0.3, 0.4) is 0 Å². The molecule has 0 radical (unpaired) electrons. The molecule has 0 aromatic carbocycles. The van der Waals surface area contributed by atoms with Crippen molar-refractivity contribution in [3.63, 3.8) is 0 Å². The summed E-state index contributed by atoms with van der Waals surface area (Å²) in [5, 5.41) is 14.7. The van der Waals surface area contributed by atoms with Gasteiger partial charge in [0, 0.05) is 6.04 Å². The Kier molecular flexibility index (Phi) is 3.54. The van der Waals surface area contributed by atoms with Crippen molar-refractivity contribution in [2.24, 2.45) is 16.8 Å². The molecule has 4 N–H and O–H groups in total. The molecule has 0 bridgehead atoms. The number of nitrogens with one attached hydrogen (secondary N) is 1. The second kappa shape index (κ2) is 4.46. The molecule has 2 unspecified atom stereocenters. The Morgan fingerprint density at radius 2 is 2.15 bits per heavy atom. The Morgan fingerprint density at radius 3 is 2.54 bits per heavy atom. The molecule has 1 rings (SSSR count). The maximum atomic E-state index is 8.45. The van der Waals surface area contributed by atoms with Gasteiger partial charge in [0.15, 0.2) is 5.84 Å². The average Bonchev–Trinajstić information content (AvgIpc) is 1.99. The van der Waals surface area contributed by atoms with Gasteiger partial charge in [-0.15, -0.1) is 0 Å². The zero-order valence-electron chi connectivity index (χ0n) is 8.33. The summed E-state index contributed by atoms with van der Waals surface area (Å²) in [5.41, 5.74) is 5.46. The highest BCUT2D eigenvalue weighted by Crippen LogP contribution is 2.29. The van der Waals surface area contributed by atoms with Gasteiger partial charge in [-0.25, -0.2) is 0 Å². The van der Waals surface area contributed by atoms with Crippen molar-refractivity contribution in [2.45, 2.75) is 45.2 Å². The normalized spacial score (nSPS) is 23.7. The van der Waals surface area contributed by atoms with Gasteiger partial charge in [-0.1, -0.05) is 11.6 Å². The Bertz CT molecular complexity index is 189. The van der Waals surface area contributed by atoms with Gasteiger partial charge < -0.3 is 16.3 Å². The summed E-state index contributed by atoms with van der Waals surface area (Å²) in [6.45, 7) is 4.06. The molecular formula is C9H19N3O. The number of rotatable bonds is 4. The first-order chi connectivity index (χ1) is 6.15. The number of nitrogens with two attached hydrogens (primary N) is 1. The van der Waals surface area contributed by atoms with Crippen LogP contribution in [0.15, 0.2) is 5.16 Å². The van der Waals surface area contributed by atoms with Crippen molar-refractivity contribution >= 4 is 5.84 Å². The molecular weight excluding hydrogens is 166 g/mol. The predicted octanol–water partition coefficient (Wildman–Crippen LogP) is 0.900. The molecule has 13 heavy (non-hydrogen) atoms. The average molecular weight is 185 g/mol. The van der Waals surface area contributed by atoms with E-state index in [4.69, 9.17) is 10.9 Å². The van der Waals surface area contributed by atoms with Crippen molar-refractivity contribution < 1.29 is 5.21 Å². The van der Waals surface area contributed by atoms with E-state index >= 15 is 0 Å². The van der Waals surface area contributed by atoms with E-state index in [-0.39, 0.29) is 11.9 Å². The van der Waals surface area contributed by atoms with Gasteiger partial charge in [-0.2, -0.15) is 0 Å². The summed E-state index contributed by atoms with van der Waals surface area (Å²) in [6.07, 6.45) is 3.95. The summed E-state index contributed by atoms with van der Waals surface area (Å²) in [7, 11) is 0. The summed E-state index contributed by atoms with van der Waals surface area (Å²) < 4.78 is 0. The lowest BCUT2D eigenvalue weighted by Gasteiger charge is -2.33. The van der Waals surface area contributed by atoms with E-state index in [1.54, 1.807) is 0 Å². The van der Waals surface area contributed by atoms with Crippen molar-refractivity contribution in [3.05, 3.63) is 0 Å². The lowest BCUT2D eigenvalue weighted by atomic mass is 9.80. The van der Waals surface area contributed by atoms with Crippen molar-refractivity contribution in [3.8, 4) is 0 Å². The monoisotopic (exact) mass is 185 g/mol. The molecule has 0 heterocycles. The van der Waals surface area contributed by atoms with Gasteiger partial charge >= 0.3 is 0 Å². The Morgan fingerprint density at radius 1 is 1.54 bits per heavy atom. The van der Waals surface area contributed by atoms with Crippen LogP contribution in [0.25, 0.3) is 0 Å². The van der Waals surface area contributed by atoms with E-state index in [2.05, 4.69) is 17.4 Å². The van der Waals surface area contributed by atoms with Crippen molar-refractivity contribution in [1.29, 1.82) is 0 Å². The molecule has 0 saturated heterocycles. The first-order valence-corrected chi connectivity index (χ1v) is 4.88. The fraction of sp³-hybridized carbons (Fsp3) is 0.889. The third kappa shape index (κ3) is 2.59. The van der Waals surface area contributed by atoms with E-state index in [1.165, 1.54) is 19.3 Å². The molecule has 0 amide bonds. The fourth-order valence-corrected chi connectivity index (χ4v) is 1.64. The molecule has 0 aliphatic heterocycles. The zero-order valence-corrected chi connectivity index (χ0v) is 8.33. The molecule has 0 spiro atoms. The van der Waals surface area contributed by atoms with Crippen LogP contribution in [-0.2, 0) is 0 Å². The van der Waals surface area contributed by atoms with Crippen LogP contribution in [0.2, 0.25) is 0 Å². The molecule has 4 heteroatoms. The van der Waals surface area contributed by atoms with Gasteiger partial charge in [0.2, 0.25) is 0 Å². The van der Waals surface area contributed by atoms with Crippen LogP contribution in [0.1, 0.15) is 33.1 Å². The lowest BCUT2D eigenvalue weighted by Crippen LogP contribution is -2.47. The Balaban J connectivity index is 2.30. The summed E-state index contributed by atoms with van der Waals surface area (Å²) in [4.78, 5) is 0. The number of hydrogen-bond acceptors (Lipinski definition) is 3.